The van der Waals surface area contributed by atoms with E-state index in [1.807, 2.05) is 0 Å². The summed E-state index contributed by atoms with van der Waals surface area (Å²) in [7, 11) is 0. The quantitative estimate of drug-likeness (QED) is 0.368. The highest BCUT2D eigenvalue weighted by Gasteiger charge is 2.37. The molecule has 1 saturated heterocycles. The summed E-state index contributed by atoms with van der Waals surface area (Å²) in [6.45, 7) is -0.0599. The second-order valence-corrected chi connectivity index (χ2v) is 8.00. The van der Waals surface area contributed by atoms with Gasteiger partial charge in [-0.3, -0.25) is 14.9 Å². The Morgan fingerprint density at radius 3 is 2.38 bits per heavy atom. The van der Waals surface area contributed by atoms with Gasteiger partial charge in [0.15, 0.2) is 0 Å². The maximum absolute atomic E-state index is 13.5. The smallest absolute Gasteiger partial charge is 0.335 e. The molecule has 1 fully saturated rings. The molecule has 1 heterocycles. The van der Waals surface area contributed by atoms with E-state index in [0.29, 0.717) is 10.5 Å². The Kier molecular flexibility index (Phi) is 6.63. The first-order chi connectivity index (χ1) is 16.2. The van der Waals surface area contributed by atoms with Gasteiger partial charge < -0.3 is 4.74 Å². The van der Waals surface area contributed by atoms with Crippen molar-refractivity contribution >= 4 is 52.8 Å². The van der Waals surface area contributed by atoms with E-state index >= 15 is 0 Å². The van der Waals surface area contributed by atoms with Crippen molar-refractivity contribution in [3.8, 4) is 5.75 Å². The van der Waals surface area contributed by atoms with Crippen molar-refractivity contribution in [2.45, 2.75) is 6.61 Å². The van der Waals surface area contributed by atoms with E-state index < -0.39 is 35.1 Å². The van der Waals surface area contributed by atoms with Crippen LogP contribution < -0.4 is 15.0 Å². The average molecular weight is 503 g/mol. The fourth-order valence-electron chi connectivity index (χ4n) is 3.26. The summed E-state index contributed by atoms with van der Waals surface area (Å²) in [5.74, 6) is -2.79. The zero-order chi connectivity index (χ0) is 24.4. The minimum Gasteiger partial charge on any atom is -0.487 e. The number of ether oxygens (including phenoxy) is 1. The van der Waals surface area contributed by atoms with E-state index in [9.17, 15) is 23.2 Å². The first-order valence-corrected chi connectivity index (χ1v) is 10.5. The molecule has 1 aliphatic heterocycles. The number of amides is 4. The molecule has 0 aromatic heterocycles. The Bertz CT molecular complexity index is 1340. The Balaban J connectivity index is 1.71. The molecule has 0 radical (unpaired) electrons. The molecule has 1 N–H and O–H groups in total. The highest BCUT2D eigenvalue weighted by Crippen LogP contribution is 2.35. The van der Waals surface area contributed by atoms with Crippen LogP contribution in [0, 0.1) is 11.6 Å². The number of hydrogen-bond acceptors (Lipinski definition) is 4. The molecule has 3 aromatic rings. The van der Waals surface area contributed by atoms with Crippen LogP contribution in [0.25, 0.3) is 6.08 Å². The molecule has 1 aliphatic rings. The van der Waals surface area contributed by atoms with Crippen molar-refractivity contribution in [2.24, 2.45) is 0 Å². The molecular weight excluding hydrogens is 489 g/mol. The summed E-state index contributed by atoms with van der Waals surface area (Å²) in [5, 5.41) is 2.36. The largest absolute Gasteiger partial charge is 0.487 e. The molecule has 6 nitrogen and oxygen atoms in total. The lowest BCUT2D eigenvalue weighted by Gasteiger charge is -2.26. The van der Waals surface area contributed by atoms with Crippen molar-refractivity contribution in [1.29, 1.82) is 0 Å². The summed E-state index contributed by atoms with van der Waals surface area (Å²) in [6.07, 6.45) is 1.18. The van der Waals surface area contributed by atoms with E-state index in [4.69, 9.17) is 27.9 Å². The van der Waals surface area contributed by atoms with Crippen molar-refractivity contribution in [3.63, 3.8) is 0 Å². The Morgan fingerprint density at radius 1 is 0.941 bits per heavy atom. The fourth-order valence-corrected chi connectivity index (χ4v) is 3.82. The lowest BCUT2D eigenvalue weighted by atomic mass is 10.1. The zero-order valence-corrected chi connectivity index (χ0v) is 18.7. The van der Waals surface area contributed by atoms with Crippen LogP contribution in [0.3, 0.4) is 0 Å². The van der Waals surface area contributed by atoms with Gasteiger partial charge in [0, 0.05) is 10.6 Å². The number of carbonyl (C=O) groups is 3. The van der Waals surface area contributed by atoms with E-state index in [1.54, 1.807) is 6.07 Å². The van der Waals surface area contributed by atoms with Crippen molar-refractivity contribution in [1.82, 2.24) is 5.32 Å². The van der Waals surface area contributed by atoms with Crippen molar-refractivity contribution in [3.05, 3.63) is 99.0 Å². The topological polar surface area (TPSA) is 75.7 Å². The number of carbonyl (C=O) groups excluding carboxylic acids is 3. The van der Waals surface area contributed by atoms with Gasteiger partial charge in [-0.15, -0.1) is 0 Å². The normalized spacial score (nSPS) is 15.0. The molecule has 0 atom stereocenters. The van der Waals surface area contributed by atoms with Crippen LogP contribution >= 0.6 is 23.2 Å². The number of urea groups is 1. The third-order valence-corrected chi connectivity index (χ3v) is 5.29. The van der Waals surface area contributed by atoms with Crippen LogP contribution in [0.4, 0.5) is 19.3 Å². The van der Waals surface area contributed by atoms with Crippen molar-refractivity contribution < 1.29 is 27.9 Å². The summed E-state index contributed by atoms with van der Waals surface area (Å²) < 4.78 is 32.5. The van der Waals surface area contributed by atoms with Crippen molar-refractivity contribution in [2.75, 3.05) is 4.90 Å². The number of halogens is 4. The molecule has 4 rings (SSSR count). The number of anilines is 1. The number of barbiturate groups is 1. The number of imide groups is 2. The van der Waals surface area contributed by atoms with Gasteiger partial charge in [-0.25, -0.2) is 18.5 Å². The first kappa shape index (κ1) is 23.4. The van der Waals surface area contributed by atoms with Gasteiger partial charge in [-0.05, 0) is 60.2 Å². The van der Waals surface area contributed by atoms with Gasteiger partial charge in [-0.1, -0.05) is 35.3 Å². The second-order valence-electron chi connectivity index (χ2n) is 7.16. The van der Waals surface area contributed by atoms with Crippen LogP contribution in [0.1, 0.15) is 11.1 Å². The summed E-state index contributed by atoms with van der Waals surface area (Å²) in [4.78, 5) is 38.6. The Labute approximate surface area is 202 Å². The third kappa shape index (κ3) is 4.93. The van der Waals surface area contributed by atoms with Gasteiger partial charge in [-0.2, -0.15) is 0 Å². The molecule has 0 saturated carbocycles. The molecule has 0 spiro atoms. The summed E-state index contributed by atoms with van der Waals surface area (Å²) in [6, 6.07) is 12.2. The molecule has 0 aliphatic carbocycles. The molecule has 34 heavy (non-hydrogen) atoms. The third-order valence-electron chi connectivity index (χ3n) is 4.80. The number of nitrogens with one attached hydrogen (secondary N) is 1. The molecule has 172 valence electrons. The number of rotatable bonds is 5. The van der Waals surface area contributed by atoms with Gasteiger partial charge in [0.05, 0.1) is 10.7 Å². The van der Waals surface area contributed by atoms with E-state index in [2.05, 4.69) is 5.32 Å². The predicted molar refractivity (Wildman–Crippen MR) is 123 cm³/mol. The zero-order valence-electron chi connectivity index (χ0n) is 17.2. The van der Waals surface area contributed by atoms with Crippen LogP contribution in [0.15, 0.2) is 66.2 Å². The van der Waals surface area contributed by atoms with Crippen LogP contribution in [0.5, 0.6) is 5.75 Å². The molecule has 4 amide bonds. The SMILES string of the molecule is O=C1NC(=O)N(c2ccc(F)cc2)C(=O)/C1=C/c1cc(Cl)cc(Cl)c1OCc1cccc(F)c1. The molecule has 3 aromatic carbocycles. The summed E-state index contributed by atoms with van der Waals surface area (Å²) >= 11 is 12.4. The lowest BCUT2D eigenvalue weighted by molar-refractivity contribution is -0.122. The Hall–Kier alpha value is -3.75. The van der Waals surface area contributed by atoms with Gasteiger partial charge in [0.1, 0.15) is 29.6 Å². The fraction of sp³-hybridized carbons (Fsp3) is 0.0417. The van der Waals surface area contributed by atoms with Gasteiger partial charge in [0.25, 0.3) is 11.8 Å². The van der Waals surface area contributed by atoms with E-state index in [1.165, 1.54) is 48.5 Å². The van der Waals surface area contributed by atoms with Crippen LogP contribution in [-0.4, -0.2) is 17.8 Å². The molecular formula is C24H14Cl2F2N2O4. The number of benzene rings is 3. The number of nitrogens with zero attached hydrogens (tertiary/aromatic N) is 1. The highest BCUT2D eigenvalue weighted by molar-refractivity contribution is 6.40. The number of hydrogen-bond donors (Lipinski definition) is 1. The van der Waals surface area contributed by atoms with Gasteiger partial charge in [0.2, 0.25) is 0 Å². The van der Waals surface area contributed by atoms with Crippen LogP contribution in [0.2, 0.25) is 10.0 Å². The predicted octanol–water partition coefficient (Wildman–Crippen LogP) is 5.52. The maximum atomic E-state index is 13.5. The minimum absolute atomic E-state index is 0.0599. The summed E-state index contributed by atoms with van der Waals surface area (Å²) in [5.41, 5.74) is 0.358. The molecule has 10 heteroatoms. The minimum atomic E-state index is -0.981. The monoisotopic (exact) mass is 502 g/mol. The van der Waals surface area contributed by atoms with Crippen LogP contribution in [-0.2, 0) is 16.2 Å². The van der Waals surface area contributed by atoms with E-state index in [-0.39, 0.29) is 33.7 Å². The highest BCUT2D eigenvalue weighted by atomic mass is 35.5. The lowest BCUT2D eigenvalue weighted by Crippen LogP contribution is -2.54. The molecule has 0 bridgehead atoms. The first-order valence-electron chi connectivity index (χ1n) is 9.76. The standard InChI is InChI=1S/C24H14Cl2F2N2O4/c25-15-9-14(21(20(26)11-15)34-12-13-2-1-3-17(28)8-13)10-19-22(31)29-24(33)30(23(19)32)18-6-4-16(27)5-7-18/h1-11H,12H2,(H,29,31,33)/b19-10+. The molecule has 0 unspecified atom stereocenters. The average Bonchev–Trinajstić information content (AvgIpc) is 2.77. The van der Waals surface area contributed by atoms with Gasteiger partial charge >= 0.3 is 6.03 Å². The maximum Gasteiger partial charge on any atom is 0.335 e. The Morgan fingerprint density at radius 2 is 1.68 bits per heavy atom. The van der Waals surface area contributed by atoms with E-state index in [0.717, 1.165) is 12.1 Å². The second kappa shape index (κ2) is 9.62.